The van der Waals surface area contributed by atoms with Gasteiger partial charge >= 0.3 is 0 Å². The Morgan fingerprint density at radius 1 is 0.964 bits per heavy atom. The van der Waals surface area contributed by atoms with E-state index in [2.05, 4.69) is 73.0 Å². The number of nitrogens with one attached hydrogen (secondary N) is 2. The summed E-state index contributed by atoms with van der Waals surface area (Å²) in [5.41, 5.74) is 4.73. The van der Waals surface area contributed by atoms with Crippen molar-refractivity contribution in [3.05, 3.63) is 72.0 Å². The molecule has 2 atom stereocenters. The van der Waals surface area contributed by atoms with Gasteiger partial charge in [0.05, 0.1) is 6.54 Å². The third kappa shape index (κ3) is 3.73. The lowest BCUT2D eigenvalue weighted by Crippen LogP contribution is -2.53. The highest BCUT2D eigenvalue weighted by Gasteiger charge is 2.30. The minimum atomic E-state index is -0.134. The van der Waals surface area contributed by atoms with E-state index in [4.69, 9.17) is 4.42 Å². The van der Waals surface area contributed by atoms with Crippen molar-refractivity contribution in [2.75, 3.05) is 6.54 Å². The van der Waals surface area contributed by atoms with E-state index in [1.54, 1.807) is 0 Å². The molecule has 2 heterocycles. The summed E-state index contributed by atoms with van der Waals surface area (Å²) in [5, 5.41) is 6.34. The Morgan fingerprint density at radius 2 is 1.75 bits per heavy atom. The molecule has 0 spiro atoms. The summed E-state index contributed by atoms with van der Waals surface area (Å²) in [4.78, 5) is 11.8. The van der Waals surface area contributed by atoms with Gasteiger partial charge in [-0.1, -0.05) is 56.3 Å². The topological polar surface area (TPSA) is 54.3 Å². The second kappa shape index (κ2) is 8.03. The molecule has 1 fully saturated rings. The van der Waals surface area contributed by atoms with Crippen molar-refractivity contribution in [3.63, 3.8) is 0 Å². The first-order chi connectivity index (χ1) is 13.7. The van der Waals surface area contributed by atoms with Crippen LogP contribution in [0, 0.1) is 0 Å². The molecule has 1 aromatic heterocycles. The van der Waals surface area contributed by atoms with E-state index in [0.717, 1.165) is 35.5 Å². The lowest BCUT2D eigenvalue weighted by Gasteiger charge is -2.31. The Bertz CT molecular complexity index is 959. The number of carbonyl (C=O) groups excluding carboxylic acids is 1. The summed E-state index contributed by atoms with van der Waals surface area (Å²) < 4.78 is 6.16. The zero-order chi connectivity index (χ0) is 19.5. The van der Waals surface area contributed by atoms with Crippen molar-refractivity contribution in [2.24, 2.45) is 0 Å². The van der Waals surface area contributed by atoms with Crippen LogP contribution in [0.3, 0.4) is 0 Å². The average molecular weight is 374 g/mol. The monoisotopic (exact) mass is 374 g/mol. The highest BCUT2D eigenvalue weighted by atomic mass is 16.3. The fraction of sp³-hybridized carbons (Fsp3) is 0.292. The van der Waals surface area contributed by atoms with E-state index >= 15 is 0 Å². The maximum absolute atomic E-state index is 11.8. The maximum Gasteiger partial charge on any atom is 0.234 e. The van der Waals surface area contributed by atoms with Crippen molar-refractivity contribution in [1.29, 1.82) is 0 Å². The van der Waals surface area contributed by atoms with Crippen molar-refractivity contribution in [2.45, 2.75) is 38.8 Å². The predicted octanol–water partition coefficient (Wildman–Crippen LogP) is 4.72. The van der Waals surface area contributed by atoms with E-state index in [-0.39, 0.29) is 18.0 Å². The summed E-state index contributed by atoms with van der Waals surface area (Å²) in [7, 11) is 0. The number of furan rings is 1. The van der Waals surface area contributed by atoms with Crippen LogP contribution in [0.1, 0.15) is 37.6 Å². The van der Waals surface area contributed by atoms with Crippen LogP contribution in [0.2, 0.25) is 0 Å². The van der Waals surface area contributed by atoms with Gasteiger partial charge in [-0.25, -0.2) is 0 Å². The zero-order valence-corrected chi connectivity index (χ0v) is 16.4. The minimum Gasteiger partial charge on any atom is -0.459 e. The lowest BCUT2D eigenvalue weighted by molar-refractivity contribution is -0.123. The van der Waals surface area contributed by atoms with E-state index in [9.17, 15) is 4.79 Å². The molecule has 144 valence electrons. The minimum absolute atomic E-state index is 0.00479. The van der Waals surface area contributed by atoms with Crippen molar-refractivity contribution in [3.8, 4) is 22.5 Å². The molecule has 4 heteroatoms. The third-order valence-electron chi connectivity index (χ3n) is 5.46. The number of carbonyl (C=O) groups is 1. The van der Waals surface area contributed by atoms with Gasteiger partial charge in [-0.15, -0.1) is 0 Å². The van der Waals surface area contributed by atoms with E-state index < -0.39 is 0 Å². The predicted molar refractivity (Wildman–Crippen MR) is 112 cm³/mol. The van der Waals surface area contributed by atoms with Gasteiger partial charge in [0.1, 0.15) is 17.6 Å². The largest absolute Gasteiger partial charge is 0.459 e. The van der Waals surface area contributed by atoms with Crippen LogP contribution in [-0.4, -0.2) is 18.5 Å². The first kappa shape index (κ1) is 18.5. The molecule has 4 nitrogen and oxygen atoms in total. The molecule has 0 unspecified atom stereocenters. The van der Waals surface area contributed by atoms with Crippen LogP contribution >= 0.6 is 0 Å². The molecule has 28 heavy (non-hydrogen) atoms. The van der Waals surface area contributed by atoms with Gasteiger partial charge in [0.15, 0.2) is 0 Å². The van der Waals surface area contributed by atoms with E-state index in [1.807, 2.05) is 12.1 Å². The average Bonchev–Trinajstić information content (AvgIpc) is 3.24. The smallest absolute Gasteiger partial charge is 0.234 e. The highest BCUT2D eigenvalue weighted by molar-refractivity contribution is 5.79. The van der Waals surface area contributed by atoms with Gasteiger partial charge in [0, 0.05) is 11.6 Å². The molecule has 2 aromatic carbocycles. The molecular formula is C24H26N2O2. The molecule has 1 amide bonds. The Balaban J connectivity index is 1.60. The Hall–Kier alpha value is -2.85. The molecule has 3 aromatic rings. The van der Waals surface area contributed by atoms with Crippen molar-refractivity contribution in [1.82, 2.24) is 10.6 Å². The normalized spacial score (nSPS) is 19.4. The molecule has 2 N–H and O–H groups in total. The lowest BCUT2D eigenvalue weighted by atomic mass is 10.0. The number of amides is 1. The first-order valence-corrected chi connectivity index (χ1v) is 10.00. The number of aryl methyl sites for hydroxylation is 1. The third-order valence-corrected chi connectivity index (χ3v) is 5.46. The standard InChI is InChI=1S/C24H26N2O2/c1-3-16-8-10-17(11-9-16)18-6-5-7-19(14-18)21-12-13-22(28-21)24-20(4-2)25-15-23(27)26-24/h5-14,20,24-25H,3-4,15H2,1-2H3,(H,26,27)/t20-,24+/m0/s1. The summed E-state index contributed by atoms with van der Waals surface area (Å²) in [6.07, 6.45) is 1.96. The van der Waals surface area contributed by atoms with Gasteiger partial charge in [0.2, 0.25) is 5.91 Å². The number of rotatable bonds is 5. The van der Waals surface area contributed by atoms with E-state index in [1.165, 1.54) is 11.1 Å². The number of benzene rings is 2. The Kier molecular flexibility index (Phi) is 5.31. The molecule has 4 rings (SSSR count). The van der Waals surface area contributed by atoms with Crippen molar-refractivity contribution < 1.29 is 9.21 Å². The first-order valence-electron chi connectivity index (χ1n) is 10.00. The van der Waals surface area contributed by atoms with Crippen LogP contribution in [-0.2, 0) is 11.2 Å². The molecule has 0 bridgehead atoms. The summed E-state index contributed by atoms with van der Waals surface area (Å²) in [5.74, 6) is 1.61. The molecular weight excluding hydrogens is 348 g/mol. The second-order valence-corrected chi connectivity index (χ2v) is 7.27. The van der Waals surface area contributed by atoms with Crippen LogP contribution in [0.25, 0.3) is 22.5 Å². The van der Waals surface area contributed by atoms with Crippen LogP contribution in [0.5, 0.6) is 0 Å². The summed E-state index contributed by atoms with van der Waals surface area (Å²) >= 11 is 0. The molecule has 0 saturated carbocycles. The zero-order valence-electron chi connectivity index (χ0n) is 16.4. The van der Waals surface area contributed by atoms with Gasteiger partial charge < -0.3 is 15.1 Å². The van der Waals surface area contributed by atoms with E-state index in [0.29, 0.717) is 6.54 Å². The quantitative estimate of drug-likeness (QED) is 0.680. The van der Waals surface area contributed by atoms with Gasteiger partial charge in [-0.2, -0.15) is 0 Å². The molecule has 0 radical (unpaired) electrons. The maximum atomic E-state index is 11.8. The highest BCUT2D eigenvalue weighted by Crippen LogP contribution is 2.31. The Labute approximate surface area is 166 Å². The molecule has 1 saturated heterocycles. The second-order valence-electron chi connectivity index (χ2n) is 7.27. The van der Waals surface area contributed by atoms with Crippen LogP contribution in [0.4, 0.5) is 0 Å². The van der Waals surface area contributed by atoms with Gasteiger partial charge in [-0.05, 0) is 47.7 Å². The summed E-state index contributed by atoms with van der Waals surface area (Å²) in [6.45, 7) is 4.64. The molecule has 1 aliphatic rings. The fourth-order valence-corrected chi connectivity index (χ4v) is 3.78. The number of piperazine rings is 1. The number of hydrogen-bond donors (Lipinski definition) is 2. The SMILES string of the molecule is CCc1ccc(-c2cccc(-c3ccc([C@@H]4NC(=O)CN[C@H]4CC)o3)c2)cc1. The van der Waals surface area contributed by atoms with Crippen LogP contribution in [0.15, 0.2) is 65.1 Å². The Morgan fingerprint density at radius 3 is 2.50 bits per heavy atom. The molecule has 1 aliphatic heterocycles. The van der Waals surface area contributed by atoms with Gasteiger partial charge in [0.25, 0.3) is 0 Å². The number of hydrogen-bond acceptors (Lipinski definition) is 3. The van der Waals surface area contributed by atoms with Crippen LogP contribution < -0.4 is 10.6 Å². The molecule has 0 aliphatic carbocycles. The summed E-state index contributed by atoms with van der Waals surface area (Å²) in [6, 6.07) is 21.1. The van der Waals surface area contributed by atoms with Crippen molar-refractivity contribution >= 4 is 5.91 Å². The fourth-order valence-electron chi connectivity index (χ4n) is 3.78. The van der Waals surface area contributed by atoms with Gasteiger partial charge in [-0.3, -0.25) is 4.79 Å².